The third-order valence-corrected chi connectivity index (χ3v) is 11.2. The molecule has 1 atom stereocenters. The number of aliphatic imine (C=N–C) groups is 1. The SMILES string of the molecule is CC1(C)NC(C23CC(N(Cc4ccc(Cl)cc4)S(=O)(=O)C4CCOCC4)(C2)C3)=N[C@H]1C(=O)NCCC(F)(F)F. The smallest absolute Gasteiger partial charge is 0.381 e. The number of sulfonamides is 1. The summed E-state index contributed by atoms with van der Waals surface area (Å²) in [6.45, 7) is 4.15. The van der Waals surface area contributed by atoms with Crippen molar-refractivity contribution in [1.82, 2.24) is 14.9 Å². The predicted molar refractivity (Wildman–Crippen MR) is 141 cm³/mol. The second-order valence-electron chi connectivity index (χ2n) is 11.9. The van der Waals surface area contributed by atoms with E-state index >= 15 is 0 Å². The molecule has 0 radical (unpaired) electrons. The molecule has 0 unspecified atom stereocenters. The number of nitrogens with one attached hydrogen (secondary N) is 2. The molecule has 2 heterocycles. The number of rotatable bonds is 9. The van der Waals surface area contributed by atoms with E-state index in [-0.39, 0.29) is 12.0 Å². The van der Waals surface area contributed by atoms with Crippen LogP contribution in [0.1, 0.15) is 57.9 Å². The standard InChI is InChI=1S/C26H34ClF3N4O4S/c1-23(2)20(21(35)31-10-9-26(28,29)30)32-22(33-23)24-14-25(15-24,16-24)34(13-17-3-5-18(27)6-4-17)39(36,37)19-7-11-38-12-8-19/h3-6,19-20H,7-16H2,1-2H3,(H,31,35)(H,32,33)/t20-,24?,25?/m0/s1. The number of carbonyl (C=O) groups is 1. The van der Waals surface area contributed by atoms with Crippen LogP contribution in [0.15, 0.2) is 29.3 Å². The number of benzene rings is 1. The van der Waals surface area contributed by atoms with Crippen molar-refractivity contribution in [2.45, 2.75) is 87.5 Å². The molecule has 4 fully saturated rings. The van der Waals surface area contributed by atoms with Crippen molar-refractivity contribution in [3.8, 4) is 0 Å². The van der Waals surface area contributed by atoms with Crippen LogP contribution >= 0.6 is 11.6 Å². The van der Waals surface area contributed by atoms with Crippen molar-refractivity contribution >= 4 is 33.4 Å². The number of ether oxygens (including phenoxy) is 1. The van der Waals surface area contributed by atoms with E-state index in [2.05, 4.69) is 15.6 Å². The molecule has 1 saturated heterocycles. The summed E-state index contributed by atoms with van der Waals surface area (Å²) in [6, 6.07) is 6.30. The molecule has 3 saturated carbocycles. The van der Waals surface area contributed by atoms with Crippen molar-refractivity contribution < 1.29 is 31.1 Å². The zero-order valence-electron chi connectivity index (χ0n) is 22.0. The minimum Gasteiger partial charge on any atom is -0.381 e. The van der Waals surface area contributed by atoms with Gasteiger partial charge in [-0.15, -0.1) is 0 Å². The zero-order chi connectivity index (χ0) is 28.3. The number of amidine groups is 1. The fourth-order valence-corrected chi connectivity index (χ4v) is 8.80. The number of nitrogens with zero attached hydrogens (tertiary/aromatic N) is 2. The Morgan fingerprint density at radius 3 is 2.38 bits per heavy atom. The van der Waals surface area contributed by atoms with E-state index in [1.807, 2.05) is 12.1 Å². The number of hydrogen-bond donors (Lipinski definition) is 2. The summed E-state index contributed by atoms with van der Waals surface area (Å²) in [5.74, 6) is 0.0831. The molecule has 5 aliphatic rings. The lowest BCUT2D eigenvalue weighted by molar-refractivity contribution is -0.151. The number of hydrogen-bond acceptors (Lipinski definition) is 6. The van der Waals surface area contributed by atoms with Crippen molar-refractivity contribution in [3.63, 3.8) is 0 Å². The van der Waals surface area contributed by atoms with Crippen LogP contribution in [0.4, 0.5) is 13.2 Å². The average Bonchev–Trinajstić information content (AvgIpc) is 3.12. The third kappa shape index (κ3) is 5.41. The van der Waals surface area contributed by atoms with Crippen LogP contribution in [0.5, 0.6) is 0 Å². The highest BCUT2D eigenvalue weighted by atomic mass is 35.5. The summed E-state index contributed by atoms with van der Waals surface area (Å²) >= 11 is 6.05. The first-order valence-electron chi connectivity index (χ1n) is 13.2. The lowest BCUT2D eigenvalue weighted by Gasteiger charge is -2.73. The molecule has 0 spiro atoms. The van der Waals surface area contributed by atoms with Gasteiger partial charge in [0.15, 0.2) is 6.04 Å². The maximum atomic E-state index is 13.9. The first-order chi connectivity index (χ1) is 18.2. The zero-order valence-corrected chi connectivity index (χ0v) is 23.6. The maximum Gasteiger partial charge on any atom is 0.390 e. The van der Waals surface area contributed by atoms with Gasteiger partial charge in [0.1, 0.15) is 5.84 Å². The maximum absolute atomic E-state index is 13.9. The number of carbonyl (C=O) groups excluding carboxylic acids is 1. The normalized spacial score (nSPS) is 30.2. The molecule has 1 amide bonds. The van der Waals surface area contributed by atoms with Gasteiger partial charge in [0, 0.05) is 42.3 Å². The third-order valence-electron chi connectivity index (χ3n) is 8.51. The summed E-state index contributed by atoms with van der Waals surface area (Å²) in [4.78, 5) is 17.3. The van der Waals surface area contributed by atoms with E-state index in [1.54, 1.807) is 30.3 Å². The van der Waals surface area contributed by atoms with Gasteiger partial charge in [-0.3, -0.25) is 9.79 Å². The molecular weight excluding hydrogens is 557 g/mol. The largest absolute Gasteiger partial charge is 0.390 e. The summed E-state index contributed by atoms with van der Waals surface area (Å²) in [5, 5.41) is 5.76. The van der Waals surface area contributed by atoms with Gasteiger partial charge in [0.05, 0.1) is 17.2 Å². The molecule has 1 aromatic rings. The Kier molecular flexibility index (Phi) is 7.26. The Labute approximate surface area is 231 Å². The van der Waals surface area contributed by atoms with E-state index in [0.29, 0.717) is 56.2 Å². The van der Waals surface area contributed by atoms with Crippen molar-refractivity contribution in [2.75, 3.05) is 19.8 Å². The molecule has 39 heavy (non-hydrogen) atoms. The molecule has 6 rings (SSSR count). The minimum absolute atomic E-state index is 0.239. The highest BCUT2D eigenvalue weighted by Crippen LogP contribution is 2.71. The van der Waals surface area contributed by atoms with Gasteiger partial charge < -0.3 is 15.4 Å². The Bertz CT molecular complexity index is 1230. The highest BCUT2D eigenvalue weighted by Gasteiger charge is 2.75. The highest BCUT2D eigenvalue weighted by molar-refractivity contribution is 7.89. The Hall–Kier alpha value is -1.89. The molecule has 216 valence electrons. The molecule has 13 heteroatoms. The molecule has 3 aliphatic carbocycles. The van der Waals surface area contributed by atoms with Crippen molar-refractivity contribution in [1.29, 1.82) is 0 Å². The van der Waals surface area contributed by atoms with Crippen LogP contribution in [0, 0.1) is 5.41 Å². The Morgan fingerprint density at radius 2 is 1.79 bits per heavy atom. The fourth-order valence-electron chi connectivity index (χ4n) is 6.46. The lowest BCUT2D eigenvalue weighted by Crippen LogP contribution is -2.79. The molecule has 8 nitrogen and oxygen atoms in total. The van der Waals surface area contributed by atoms with E-state index in [4.69, 9.17) is 16.3 Å². The average molecular weight is 591 g/mol. The van der Waals surface area contributed by atoms with Crippen LogP contribution in [0.2, 0.25) is 5.02 Å². The van der Waals surface area contributed by atoms with E-state index in [0.717, 1.165) is 5.56 Å². The predicted octanol–water partition coefficient (Wildman–Crippen LogP) is 3.79. The molecule has 2 bridgehead atoms. The second kappa shape index (κ2) is 9.88. The lowest BCUT2D eigenvalue weighted by atomic mass is 9.38. The van der Waals surface area contributed by atoms with Crippen LogP contribution in [-0.2, 0) is 26.1 Å². The first kappa shape index (κ1) is 28.6. The van der Waals surface area contributed by atoms with Crippen LogP contribution < -0.4 is 10.6 Å². The topological polar surface area (TPSA) is 100 Å². The quantitative estimate of drug-likeness (QED) is 0.456. The molecule has 2 N–H and O–H groups in total. The Balaban J connectivity index is 1.32. The van der Waals surface area contributed by atoms with Gasteiger partial charge in [-0.25, -0.2) is 8.42 Å². The number of amides is 1. The van der Waals surface area contributed by atoms with Crippen LogP contribution in [0.3, 0.4) is 0 Å². The van der Waals surface area contributed by atoms with Gasteiger partial charge in [-0.05, 0) is 63.6 Å². The number of halogens is 4. The van der Waals surface area contributed by atoms with Gasteiger partial charge in [0.25, 0.3) is 0 Å². The molecular formula is C26H34ClF3N4O4S. The van der Waals surface area contributed by atoms with E-state index in [1.165, 1.54) is 0 Å². The van der Waals surface area contributed by atoms with Crippen molar-refractivity contribution in [2.24, 2.45) is 10.4 Å². The Morgan fingerprint density at radius 1 is 1.18 bits per heavy atom. The van der Waals surface area contributed by atoms with Crippen LogP contribution in [0.25, 0.3) is 0 Å². The monoisotopic (exact) mass is 590 g/mol. The molecule has 0 aromatic heterocycles. The summed E-state index contributed by atoms with van der Waals surface area (Å²) in [5.41, 5.74) is -0.848. The summed E-state index contributed by atoms with van der Waals surface area (Å²) in [6.07, 6.45) is -2.84. The van der Waals surface area contributed by atoms with Gasteiger partial charge in [0.2, 0.25) is 15.9 Å². The second-order valence-corrected chi connectivity index (χ2v) is 14.5. The summed E-state index contributed by atoms with van der Waals surface area (Å²) < 4.78 is 72.5. The first-order valence-corrected chi connectivity index (χ1v) is 15.1. The van der Waals surface area contributed by atoms with Gasteiger partial charge in [-0.1, -0.05) is 23.7 Å². The summed E-state index contributed by atoms with van der Waals surface area (Å²) in [7, 11) is -3.63. The molecule has 2 aliphatic heterocycles. The van der Waals surface area contributed by atoms with Gasteiger partial charge in [-0.2, -0.15) is 17.5 Å². The molecule has 1 aromatic carbocycles. The number of alkyl halides is 3. The van der Waals surface area contributed by atoms with Gasteiger partial charge >= 0.3 is 6.18 Å². The minimum atomic E-state index is -4.35. The van der Waals surface area contributed by atoms with E-state index in [9.17, 15) is 26.4 Å². The fraction of sp³-hybridized carbons (Fsp3) is 0.692. The van der Waals surface area contributed by atoms with E-state index < -0.39 is 57.4 Å². The van der Waals surface area contributed by atoms with Crippen LogP contribution in [-0.4, -0.2) is 72.8 Å². The van der Waals surface area contributed by atoms with Crippen molar-refractivity contribution in [3.05, 3.63) is 34.9 Å².